The maximum atomic E-state index is 5.82. The number of hydrogen-bond donors (Lipinski definition) is 0. The quantitative estimate of drug-likeness (QED) is 0.537. The predicted octanol–water partition coefficient (Wildman–Crippen LogP) is 2.07. The van der Waals surface area contributed by atoms with Gasteiger partial charge in [-0.25, -0.2) is 0 Å². The lowest BCUT2D eigenvalue weighted by molar-refractivity contribution is -0.0660. The lowest BCUT2D eigenvalue weighted by atomic mass is 10.2. The molecule has 2 unspecified atom stereocenters. The first kappa shape index (κ1) is 12.6. The van der Waals surface area contributed by atoms with Crippen LogP contribution in [0.5, 0.6) is 0 Å². The van der Waals surface area contributed by atoms with Gasteiger partial charge in [0.1, 0.15) is 0 Å². The molecule has 1 aliphatic rings. The first-order valence-electron chi connectivity index (χ1n) is 5.19. The van der Waals surface area contributed by atoms with Gasteiger partial charge in [-0.05, 0) is 31.9 Å². The Morgan fingerprint density at radius 3 is 2.93 bits per heavy atom. The van der Waals surface area contributed by atoms with E-state index < -0.39 is 0 Å². The fraction of sp³-hybridized carbons (Fsp3) is 1.00. The number of thioether (sulfide) groups is 1. The van der Waals surface area contributed by atoms with E-state index in [0.29, 0.717) is 12.0 Å². The van der Waals surface area contributed by atoms with E-state index in [2.05, 4.69) is 18.1 Å². The molecule has 0 bridgehead atoms. The van der Waals surface area contributed by atoms with E-state index in [1.807, 2.05) is 11.8 Å². The van der Waals surface area contributed by atoms with E-state index in [4.69, 9.17) is 16.3 Å². The molecule has 1 aliphatic heterocycles. The monoisotopic (exact) mass is 237 g/mol. The number of morpholine rings is 1. The van der Waals surface area contributed by atoms with Crippen LogP contribution in [0.15, 0.2) is 0 Å². The number of halogens is 1. The summed E-state index contributed by atoms with van der Waals surface area (Å²) in [5.74, 6) is 1.86. The van der Waals surface area contributed by atoms with Crippen LogP contribution in [0, 0.1) is 0 Å². The molecule has 2 nitrogen and oxygen atoms in total. The second-order valence-electron chi connectivity index (χ2n) is 3.83. The summed E-state index contributed by atoms with van der Waals surface area (Å²) in [4.78, 5) is 2.47. The van der Waals surface area contributed by atoms with Gasteiger partial charge in [0.15, 0.2) is 0 Å². The summed E-state index contributed by atoms with van der Waals surface area (Å²) >= 11 is 7.73. The van der Waals surface area contributed by atoms with Gasteiger partial charge in [0.05, 0.1) is 12.2 Å². The maximum absolute atomic E-state index is 5.82. The zero-order valence-corrected chi connectivity index (χ0v) is 10.6. The molecule has 0 aromatic rings. The van der Waals surface area contributed by atoms with E-state index >= 15 is 0 Å². The van der Waals surface area contributed by atoms with Crippen molar-refractivity contribution in [2.75, 3.05) is 37.5 Å². The lowest BCUT2D eigenvalue weighted by Crippen LogP contribution is -2.47. The van der Waals surface area contributed by atoms with Gasteiger partial charge in [0.2, 0.25) is 0 Å². The van der Waals surface area contributed by atoms with Gasteiger partial charge in [-0.2, -0.15) is 11.8 Å². The van der Waals surface area contributed by atoms with Crippen molar-refractivity contribution in [2.24, 2.45) is 0 Å². The third kappa shape index (κ3) is 4.39. The van der Waals surface area contributed by atoms with Gasteiger partial charge < -0.3 is 4.74 Å². The van der Waals surface area contributed by atoms with Crippen molar-refractivity contribution in [1.82, 2.24) is 4.90 Å². The Hall–Kier alpha value is 0.560. The average Bonchev–Trinajstić information content (AvgIpc) is 2.17. The van der Waals surface area contributed by atoms with Gasteiger partial charge in [-0.1, -0.05) is 0 Å². The number of alkyl halides is 1. The zero-order chi connectivity index (χ0) is 10.4. The molecule has 4 heteroatoms. The molecular formula is C10H20ClNOS. The molecular weight excluding hydrogens is 218 g/mol. The Balaban J connectivity index is 2.23. The summed E-state index contributed by atoms with van der Waals surface area (Å²) in [7, 11) is 0. The van der Waals surface area contributed by atoms with Gasteiger partial charge in [0.25, 0.3) is 0 Å². The van der Waals surface area contributed by atoms with Crippen LogP contribution in [-0.2, 0) is 4.74 Å². The molecule has 0 saturated carbocycles. The Morgan fingerprint density at radius 1 is 1.50 bits per heavy atom. The Kier molecular flexibility index (Phi) is 6.26. The number of rotatable bonds is 5. The third-order valence-corrected chi connectivity index (χ3v) is 3.44. The second-order valence-corrected chi connectivity index (χ2v) is 5.12. The van der Waals surface area contributed by atoms with Crippen molar-refractivity contribution in [2.45, 2.75) is 25.6 Å². The van der Waals surface area contributed by atoms with E-state index in [1.165, 1.54) is 18.7 Å². The number of ether oxygens (including phenoxy) is 1. The van der Waals surface area contributed by atoms with E-state index in [-0.39, 0.29) is 6.10 Å². The molecule has 1 rings (SSSR count). The third-order valence-electron chi connectivity index (χ3n) is 2.40. The fourth-order valence-electron chi connectivity index (χ4n) is 1.84. The predicted molar refractivity (Wildman–Crippen MR) is 64.5 cm³/mol. The van der Waals surface area contributed by atoms with E-state index in [1.54, 1.807) is 0 Å². The minimum Gasteiger partial charge on any atom is -0.371 e. The largest absolute Gasteiger partial charge is 0.371 e. The Bertz CT molecular complexity index is 159. The second kappa shape index (κ2) is 6.94. The molecule has 84 valence electrons. The summed E-state index contributed by atoms with van der Waals surface area (Å²) < 4.78 is 5.69. The van der Waals surface area contributed by atoms with Gasteiger partial charge in [-0.3, -0.25) is 4.90 Å². The molecule has 0 radical (unpaired) electrons. The molecule has 14 heavy (non-hydrogen) atoms. The standard InChI is InChI=1S/C10H20ClNOS/c1-9-7-12(4-3-5-14-2)8-10(6-11)13-9/h9-10H,3-8H2,1-2H3. The van der Waals surface area contributed by atoms with Crippen LogP contribution >= 0.6 is 23.4 Å². The van der Waals surface area contributed by atoms with Crippen molar-refractivity contribution in [1.29, 1.82) is 0 Å². The van der Waals surface area contributed by atoms with Gasteiger partial charge >= 0.3 is 0 Å². The van der Waals surface area contributed by atoms with Crippen LogP contribution in [0.25, 0.3) is 0 Å². The molecule has 1 saturated heterocycles. The van der Waals surface area contributed by atoms with Crippen LogP contribution in [-0.4, -0.2) is 54.6 Å². The Morgan fingerprint density at radius 2 is 2.29 bits per heavy atom. The van der Waals surface area contributed by atoms with Crippen molar-refractivity contribution in [3.05, 3.63) is 0 Å². The molecule has 0 aromatic carbocycles. The first-order chi connectivity index (χ1) is 6.76. The summed E-state index contributed by atoms with van der Waals surface area (Å²) in [6.45, 7) is 5.37. The lowest BCUT2D eigenvalue weighted by Gasteiger charge is -2.36. The highest BCUT2D eigenvalue weighted by molar-refractivity contribution is 7.98. The normalized spacial score (nSPS) is 29.4. The van der Waals surface area contributed by atoms with E-state index in [0.717, 1.165) is 13.1 Å². The minimum atomic E-state index is 0.231. The SMILES string of the molecule is CSCCCN1CC(C)OC(CCl)C1. The van der Waals surface area contributed by atoms with Crippen LogP contribution in [0.2, 0.25) is 0 Å². The molecule has 0 spiro atoms. The summed E-state index contributed by atoms with van der Waals surface area (Å²) in [5, 5.41) is 0. The smallest absolute Gasteiger partial charge is 0.0841 e. The molecule has 0 amide bonds. The maximum Gasteiger partial charge on any atom is 0.0841 e. The van der Waals surface area contributed by atoms with Crippen molar-refractivity contribution in [3.63, 3.8) is 0 Å². The topological polar surface area (TPSA) is 12.5 Å². The molecule has 0 aromatic heterocycles. The van der Waals surface area contributed by atoms with Crippen molar-refractivity contribution < 1.29 is 4.74 Å². The number of hydrogen-bond acceptors (Lipinski definition) is 3. The van der Waals surface area contributed by atoms with Gasteiger partial charge in [-0.15, -0.1) is 11.6 Å². The zero-order valence-electron chi connectivity index (χ0n) is 9.04. The van der Waals surface area contributed by atoms with Gasteiger partial charge in [0, 0.05) is 19.0 Å². The molecule has 0 aliphatic carbocycles. The average molecular weight is 238 g/mol. The van der Waals surface area contributed by atoms with Crippen LogP contribution in [0.1, 0.15) is 13.3 Å². The molecule has 1 heterocycles. The fourth-order valence-corrected chi connectivity index (χ4v) is 2.43. The Labute approximate surface area is 96.3 Å². The summed E-state index contributed by atoms with van der Waals surface area (Å²) in [6, 6.07) is 0. The molecule has 2 atom stereocenters. The van der Waals surface area contributed by atoms with Crippen LogP contribution < -0.4 is 0 Å². The van der Waals surface area contributed by atoms with Crippen LogP contribution in [0.3, 0.4) is 0 Å². The summed E-state index contributed by atoms with van der Waals surface area (Å²) in [6.07, 6.45) is 3.99. The first-order valence-corrected chi connectivity index (χ1v) is 7.11. The molecule has 0 N–H and O–H groups in total. The highest BCUT2D eigenvalue weighted by atomic mass is 35.5. The minimum absolute atomic E-state index is 0.231. The van der Waals surface area contributed by atoms with E-state index in [9.17, 15) is 0 Å². The highest BCUT2D eigenvalue weighted by Crippen LogP contribution is 2.12. The highest BCUT2D eigenvalue weighted by Gasteiger charge is 2.23. The molecule has 1 fully saturated rings. The van der Waals surface area contributed by atoms with Crippen molar-refractivity contribution >= 4 is 23.4 Å². The van der Waals surface area contributed by atoms with Crippen LogP contribution in [0.4, 0.5) is 0 Å². The summed E-state index contributed by atoms with van der Waals surface area (Å²) in [5.41, 5.74) is 0. The number of nitrogens with zero attached hydrogens (tertiary/aromatic N) is 1. The van der Waals surface area contributed by atoms with Crippen molar-refractivity contribution in [3.8, 4) is 0 Å².